The van der Waals surface area contributed by atoms with Crippen molar-refractivity contribution in [1.29, 1.82) is 0 Å². The van der Waals surface area contributed by atoms with E-state index in [0.29, 0.717) is 17.1 Å². The highest BCUT2D eigenvalue weighted by Gasteiger charge is 1.99. The molecule has 0 heterocycles. The van der Waals surface area contributed by atoms with Gasteiger partial charge in [0.2, 0.25) is 0 Å². The lowest BCUT2D eigenvalue weighted by molar-refractivity contribution is 0.101. The van der Waals surface area contributed by atoms with Gasteiger partial charge in [-0.1, -0.05) is 24.4 Å². The molecule has 0 saturated heterocycles. The van der Waals surface area contributed by atoms with Crippen LogP contribution >= 0.6 is 12.2 Å². The first-order valence-electron chi connectivity index (χ1n) is 4.23. The van der Waals surface area contributed by atoms with Gasteiger partial charge in [-0.05, 0) is 19.1 Å². The van der Waals surface area contributed by atoms with E-state index in [1.165, 1.54) is 6.92 Å². The second kappa shape index (κ2) is 4.72. The van der Waals surface area contributed by atoms with Crippen molar-refractivity contribution in [3.05, 3.63) is 29.8 Å². The summed E-state index contributed by atoms with van der Waals surface area (Å²) in [5.41, 5.74) is 6.87. The maximum absolute atomic E-state index is 11.1. The first-order valence-corrected chi connectivity index (χ1v) is 4.63. The summed E-state index contributed by atoms with van der Waals surface area (Å²) in [7, 11) is 0. The van der Waals surface area contributed by atoms with Crippen LogP contribution in [0, 0.1) is 0 Å². The smallest absolute Gasteiger partial charge is 0.159 e. The molecule has 4 heteroatoms. The van der Waals surface area contributed by atoms with Crippen LogP contribution < -0.4 is 11.1 Å². The molecule has 0 radical (unpaired) electrons. The van der Waals surface area contributed by atoms with Crippen LogP contribution in [0.4, 0.5) is 5.69 Å². The van der Waals surface area contributed by atoms with Gasteiger partial charge in [0.1, 0.15) is 0 Å². The third-order valence-corrected chi connectivity index (χ3v) is 1.88. The molecule has 0 amide bonds. The van der Waals surface area contributed by atoms with Crippen LogP contribution in [0.1, 0.15) is 17.3 Å². The molecule has 0 bridgehead atoms. The number of anilines is 1. The van der Waals surface area contributed by atoms with Crippen LogP contribution in [-0.4, -0.2) is 17.3 Å². The van der Waals surface area contributed by atoms with Crippen molar-refractivity contribution in [3.63, 3.8) is 0 Å². The third kappa shape index (κ3) is 3.14. The average Bonchev–Trinajstić information content (AvgIpc) is 2.15. The number of nitrogens with two attached hydrogens (primary N) is 1. The number of carbonyl (C=O) groups is 1. The Morgan fingerprint density at radius 2 is 2.29 bits per heavy atom. The largest absolute Gasteiger partial charge is 0.392 e. The number of Topliss-reactive ketones (excluding diaryl/α,β-unsaturated/α-hetero) is 1. The summed E-state index contributed by atoms with van der Waals surface area (Å²) >= 11 is 4.73. The number of benzene rings is 1. The summed E-state index contributed by atoms with van der Waals surface area (Å²) in [5.74, 6) is 0.0453. The molecule has 0 aliphatic heterocycles. The Morgan fingerprint density at radius 1 is 1.57 bits per heavy atom. The summed E-state index contributed by atoms with van der Waals surface area (Å²) in [6, 6.07) is 7.23. The minimum Gasteiger partial charge on any atom is -0.392 e. The lowest BCUT2D eigenvalue weighted by atomic mass is 10.1. The number of rotatable bonds is 4. The zero-order valence-electron chi connectivity index (χ0n) is 7.91. The van der Waals surface area contributed by atoms with Gasteiger partial charge in [-0.2, -0.15) is 0 Å². The van der Waals surface area contributed by atoms with Crippen molar-refractivity contribution in [2.24, 2.45) is 5.73 Å². The van der Waals surface area contributed by atoms with Gasteiger partial charge in [0.05, 0.1) is 11.5 Å². The summed E-state index contributed by atoms with van der Waals surface area (Å²) in [6.07, 6.45) is 0. The monoisotopic (exact) mass is 208 g/mol. The quantitative estimate of drug-likeness (QED) is 0.582. The summed E-state index contributed by atoms with van der Waals surface area (Å²) in [4.78, 5) is 11.5. The number of nitrogens with one attached hydrogen (secondary N) is 1. The molecule has 0 spiro atoms. The van der Waals surface area contributed by atoms with Crippen LogP contribution in [0.2, 0.25) is 0 Å². The van der Waals surface area contributed by atoms with Crippen molar-refractivity contribution >= 4 is 28.7 Å². The van der Waals surface area contributed by atoms with Gasteiger partial charge in [0.25, 0.3) is 0 Å². The molecule has 0 unspecified atom stereocenters. The summed E-state index contributed by atoms with van der Waals surface area (Å²) < 4.78 is 0. The summed E-state index contributed by atoms with van der Waals surface area (Å²) in [5, 5.41) is 3.02. The zero-order valence-corrected chi connectivity index (χ0v) is 8.73. The molecule has 3 nitrogen and oxygen atoms in total. The van der Waals surface area contributed by atoms with Gasteiger partial charge in [-0.3, -0.25) is 4.79 Å². The van der Waals surface area contributed by atoms with Gasteiger partial charge >= 0.3 is 0 Å². The molecule has 1 aromatic rings. The molecule has 0 saturated carbocycles. The van der Waals surface area contributed by atoms with Gasteiger partial charge in [-0.15, -0.1) is 0 Å². The van der Waals surface area contributed by atoms with E-state index in [0.717, 1.165) is 5.69 Å². The highest BCUT2D eigenvalue weighted by atomic mass is 32.1. The predicted octanol–water partition coefficient (Wildman–Crippen LogP) is 1.59. The molecule has 0 aliphatic rings. The fourth-order valence-electron chi connectivity index (χ4n) is 1.04. The highest BCUT2D eigenvalue weighted by Crippen LogP contribution is 2.10. The van der Waals surface area contributed by atoms with E-state index in [1.54, 1.807) is 12.1 Å². The number of ketones is 1. The number of thiocarbonyl (C=S) groups is 1. The second-order valence-electron chi connectivity index (χ2n) is 2.96. The molecule has 14 heavy (non-hydrogen) atoms. The Morgan fingerprint density at radius 3 is 2.86 bits per heavy atom. The molecule has 0 fully saturated rings. The third-order valence-electron chi connectivity index (χ3n) is 1.74. The van der Waals surface area contributed by atoms with Gasteiger partial charge in [0.15, 0.2) is 5.78 Å². The average molecular weight is 208 g/mol. The lowest BCUT2D eigenvalue weighted by Gasteiger charge is -2.05. The Balaban J connectivity index is 2.73. The topological polar surface area (TPSA) is 55.1 Å². The zero-order chi connectivity index (χ0) is 10.6. The Hall–Kier alpha value is -1.42. The van der Waals surface area contributed by atoms with E-state index in [4.69, 9.17) is 18.0 Å². The van der Waals surface area contributed by atoms with Gasteiger partial charge < -0.3 is 11.1 Å². The molecule has 0 atom stereocenters. The van der Waals surface area contributed by atoms with E-state index in [9.17, 15) is 4.79 Å². The van der Waals surface area contributed by atoms with Crippen molar-refractivity contribution < 1.29 is 4.79 Å². The predicted molar refractivity (Wildman–Crippen MR) is 61.7 cm³/mol. The highest BCUT2D eigenvalue weighted by molar-refractivity contribution is 7.80. The van der Waals surface area contributed by atoms with Gasteiger partial charge in [-0.25, -0.2) is 0 Å². The normalized spacial score (nSPS) is 9.50. The fourth-order valence-corrected chi connectivity index (χ4v) is 1.11. The van der Waals surface area contributed by atoms with E-state index in [2.05, 4.69) is 5.32 Å². The van der Waals surface area contributed by atoms with Crippen LogP contribution in [0.25, 0.3) is 0 Å². The number of hydrogen-bond acceptors (Lipinski definition) is 3. The second-order valence-corrected chi connectivity index (χ2v) is 3.48. The lowest BCUT2D eigenvalue weighted by Crippen LogP contribution is -2.19. The maximum atomic E-state index is 11.1. The first kappa shape index (κ1) is 10.7. The molecule has 1 rings (SSSR count). The van der Waals surface area contributed by atoms with Crippen LogP contribution in [0.5, 0.6) is 0 Å². The van der Waals surface area contributed by atoms with Crippen LogP contribution in [0.3, 0.4) is 0 Å². The van der Waals surface area contributed by atoms with Crippen LogP contribution in [0.15, 0.2) is 24.3 Å². The Bertz CT molecular complexity index is 363. The molecule has 1 aromatic carbocycles. The molecular formula is C10H12N2OS. The maximum Gasteiger partial charge on any atom is 0.159 e. The minimum atomic E-state index is 0.0453. The SMILES string of the molecule is CC(=O)c1cccc(NCC(N)=S)c1. The number of hydrogen-bond donors (Lipinski definition) is 2. The van der Waals surface area contributed by atoms with Crippen molar-refractivity contribution in [2.75, 3.05) is 11.9 Å². The molecule has 3 N–H and O–H groups in total. The minimum absolute atomic E-state index is 0.0453. The standard InChI is InChI=1S/C10H12N2OS/c1-7(13)8-3-2-4-9(5-8)12-6-10(11)14/h2-5,12H,6H2,1H3,(H2,11,14). The summed E-state index contributed by atoms with van der Waals surface area (Å²) in [6.45, 7) is 1.98. The van der Waals surface area contributed by atoms with Crippen molar-refractivity contribution in [2.45, 2.75) is 6.92 Å². The molecule has 0 aliphatic carbocycles. The number of carbonyl (C=O) groups excluding carboxylic acids is 1. The fraction of sp³-hybridized carbons (Fsp3) is 0.200. The van der Waals surface area contributed by atoms with E-state index in [1.807, 2.05) is 12.1 Å². The molecule has 74 valence electrons. The first-order chi connectivity index (χ1) is 6.59. The van der Waals surface area contributed by atoms with Crippen molar-refractivity contribution in [1.82, 2.24) is 0 Å². The Labute approximate surface area is 88.3 Å². The van der Waals surface area contributed by atoms with Crippen molar-refractivity contribution in [3.8, 4) is 0 Å². The van der Waals surface area contributed by atoms with Gasteiger partial charge in [0, 0.05) is 11.3 Å². The van der Waals surface area contributed by atoms with E-state index in [-0.39, 0.29) is 5.78 Å². The molecule has 0 aromatic heterocycles. The van der Waals surface area contributed by atoms with Crippen LogP contribution in [-0.2, 0) is 0 Å². The Kier molecular flexibility index (Phi) is 3.59. The van der Waals surface area contributed by atoms with E-state index >= 15 is 0 Å². The molecular weight excluding hydrogens is 196 g/mol. The van der Waals surface area contributed by atoms with E-state index < -0.39 is 0 Å².